The third kappa shape index (κ3) is 6.10. The molecule has 0 aliphatic carbocycles. The van der Waals surface area contributed by atoms with E-state index in [1.165, 1.54) is 12.1 Å². The SMILES string of the molecule is Cc1ccc(S(=O)(=O)N2CCC(F)(OC(=O)Nc3ccc(OC(F)(F)F)cc3)CC2)cc1. The summed E-state index contributed by atoms with van der Waals surface area (Å²) >= 11 is 0. The number of alkyl halides is 4. The number of hydrogen-bond donors (Lipinski definition) is 1. The fourth-order valence-corrected chi connectivity index (χ4v) is 4.51. The highest BCUT2D eigenvalue weighted by Crippen LogP contribution is 2.31. The zero-order chi connectivity index (χ0) is 23.6. The van der Waals surface area contributed by atoms with Gasteiger partial charge in [0.25, 0.3) is 5.85 Å². The second-order valence-corrected chi connectivity index (χ2v) is 9.12. The van der Waals surface area contributed by atoms with Gasteiger partial charge in [0.15, 0.2) is 0 Å². The molecule has 0 unspecified atom stereocenters. The number of nitrogens with zero attached hydrogens (tertiary/aromatic N) is 1. The maximum atomic E-state index is 14.9. The number of carbonyl (C=O) groups excluding carboxylic acids is 1. The number of anilines is 1. The molecule has 0 aromatic heterocycles. The van der Waals surface area contributed by atoms with Gasteiger partial charge in [-0.3, -0.25) is 5.32 Å². The molecule has 1 fully saturated rings. The predicted octanol–water partition coefficient (Wildman–Crippen LogP) is 4.59. The number of hydrogen-bond acceptors (Lipinski definition) is 5. The number of aryl methyl sites for hydroxylation is 1. The molecule has 0 saturated carbocycles. The maximum absolute atomic E-state index is 14.9. The molecule has 0 spiro atoms. The fourth-order valence-electron chi connectivity index (χ4n) is 3.07. The molecule has 1 saturated heterocycles. The largest absolute Gasteiger partial charge is 0.573 e. The Bertz CT molecular complexity index is 1050. The van der Waals surface area contributed by atoms with Crippen molar-refractivity contribution in [3.8, 4) is 5.75 Å². The number of amides is 1. The number of rotatable bonds is 5. The zero-order valence-electron chi connectivity index (χ0n) is 16.9. The first kappa shape index (κ1) is 23.8. The van der Waals surface area contributed by atoms with Gasteiger partial charge in [0.1, 0.15) is 5.75 Å². The average molecular weight is 476 g/mol. The van der Waals surface area contributed by atoms with Gasteiger partial charge in [-0.25, -0.2) is 13.2 Å². The summed E-state index contributed by atoms with van der Waals surface area (Å²) < 4.78 is 86.5. The van der Waals surface area contributed by atoms with Crippen LogP contribution in [-0.4, -0.2) is 44.1 Å². The third-order valence-corrected chi connectivity index (χ3v) is 6.65. The molecule has 12 heteroatoms. The summed E-state index contributed by atoms with van der Waals surface area (Å²) in [4.78, 5) is 12.1. The van der Waals surface area contributed by atoms with Crippen LogP contribution in [0, 0.1) is 6.92 Å². The third-order valence-electron chi connectivity index (χ3n) is 4.74. The highest BCUT2D eigenvalue weighted by molar-refractivity contribution is 7.89. The van der Waals surface area contributed by atoms with E-state index in [2.05, 4.69) is 10.1 Å². The number of benzene rings is 2. The molecule has 1 aliphatic rings. The van der Waals surface area contributed by atoms with Crippen molar-refractivity contribution in [3.05, 3.63) is 54.1 Å². The molecule has 1 heterocycles. The number of halogens is 4. The first-order chi connectivity index (χ1) is 14.9. The van der Waals surface area contributed by atoms with Gasteiger partial charge in [0.2, 0.25) is 10.0 Å². The van der Waals surface area contributed by atoms with Crippen molar-refractivity contribution in [1.82, 2.24) is 4.31 Å². The molecule has 1 aliphatic heterocycles. The van der Waals surface area contributed by atoms with Crippen LogP contribution in [-0.2, 0) is 14.8 Å². The summed E-state index contributed by atoms with van der Waals surface area (Å²) in [5, 5.41) is 2.21. The van der Waals surface area contributed by atoms with E-state index in [1.807, 2.05) is 6.92 Å². The molecule has 2 aromatic carbocycles. The number of ether oxygens (including phenoxy) is 2. The van der Waals surface area contributed by atoms with Crippen LogP contribution in [0.15, 0.2) is 53.4 Å². The summed E-state index contributed by atoms with van der Waals surface area (Å²) in [6.45, 7) is 1.44. The van der Waals surface area contributed by atoms with Crippen LogP contribution >= 0.6 is 0 Å². The van der Waals surface area contributed by atoms with E-state index in [9.17, 15) is 30.8 Å². The van der Waals surface area contributed by atoms with Gasteiger partial charge >= 0.3 is 12.5 Å². The molecular formula is C20H20F4N2O5S. The second kappa shape index (κ2) is 8.94. The Morgan fingerprint density at radius 2 is 1.59 bits per heavy atom. The molecule has 0 atom stereocenters. The van der Waals surface area contributed by atoms with Crippen LogP contribution < -0.4 is 10.1 Å². The monoisotopic (exact) mass is 476 g/mol. The van der Waals surface area contributed by atoms with Crippen molar-refractivity contribution < 1.29 is 40.2 Å². The van der Waals surface area contributed by atoms with Crippen molar-refractivity contribution in [3.63, 3.8) is 0 Å². The fraction of sp³-hybridized carbons (Fsp3) is 0.350. The Hall–Kier alpha value is -2.86. The predicted molar refractivity (Wildman–Crippen MR) is 106 cm³/mol. The van der Waals surface area contributed by atoms with Gasteiger partial charge < -0.3 is 9.47 Å². The summed E-state index contributed by atoms with van der Waals surface area (Å²) in [5.74, 6) is -2.87. The first-order valence-corrected chi connectivity index (χ1v) is 10.9. The molecule has 1 amide bonds. The summed E-state index contributed by atoms with van der Waals surface area (Å²) in [7, 11) is -3.80. The van der Waals surface area contributed by atoms with E-state index < -0.39 is 34.1 Å². The van der Waals surface area contributed by atoms with Crippen molar-refractivity contribution >= 4 is 21.8 Å². The van der Waals surface area contributed by atoms with Gasteiger partial charge in [0, 0.05) is 31.6 Å². The Labute approximate surface area is 182 Å². The minimum absolute atomic E-state index is 0.0625. The highest BCUT2D eigenvalue weighted by atomic mass is 32.2. The van der Waals surface area contributed by atoms with Crippen LogP contribution in [0.3, 0.4) is 0 Å². The van der Waals surface area contributed by atoms with Crippen LogP contribution in [0.25, 0.3) is 0 Å². The van der Waals surface area contributed by atoms with Crippen molar-refractivity contribution in [2.45, 2.75) is 36.9 Å². The van der Waals surface area contributed by atoms with E-state index in [4.69, 9.17) is 4.74 Å². The number of nitrogens with one attached hydrogen (secondary N) is 1. The Balaban J connectivity index is 1.55. The number of piperidine rings is 1. The van der Waals surface area contributed by atoms with Crippen molar-refractivity contribution in [2.24, 2.45) is 0 Å². The average Bonchev–Trinajstić information content (AvgIpc) is 2.68. The Morgan fingerprint density at radius 1 is 1.03 bits per heavy atom. The van der Waals surface area contributed by atoms with Gasteiger partial charge in [0.05, 0.1) is 4.90 Å². The molecule has 174 valence electrons. The lowest BCUT2D eigenvalue weighted by molar-refractivity contribution is -0.274. The molecule has 2 aromatic rings. The molecule has 1 N–H and O–H groups in total. The number of carbonyl (C=O) groups is 1. The summed E-state index contributed by atoms with van der Waals surface area (Å²) in [6.07, 6.45) is -6.75. The number of sulfonamides is 1. The van der Waals surface area contributed by atoms with Gasteiger partial charge in [-0.1, -0.05) is 17.7 Å². The Morgan fingerprint density at radius 3 is 2.12 bits per heavy atom. The zero-order valence-corrected chi connectivity index (χ0v) is 17.7. The second-order valence-electron chi connectivity index (χ2n) is 7.19. The lowest BCUT2D eigenvalue weighted by Gasteiger charge is -2.34. The van der Waals surface area contributed by atoms with Crippen molar-refractivity contribution in [2.75, 3.05) is 18.4 Å². The van der Waals surface area contributed by atoms with E-state index in [1.54, 1.807) is 12.1 Å². The van der Waals surface area contributed by atoms with Crippen molar-refractivity contribution in [1.29, 1.82) is 0 Å². The van der Waals surface area contributed by atoms with E-state index in [-0.39, 0.29) is 36.5 Å². The summed E-state index contributed by atoms with van der Waals surface area (Å²) in [5.41, 5.74) is 0.958. The summed E-state index contributed by atoms with van der Waals surface area (Å²) in [6, 6.07) is 10.5. The van der Waals surface area contributed by atoms with E-state index in [0.29, 0.717) is 0 Å². The van der Waals surface area contributed by atoms with Crippen LogP contribution in [0.2, 0.25) is 0 Å². The topological polar surface area (TPSA) is 84.9 Å². The smallest absolute Gasteiger partial charge is 0.412 e. The lowest BCUT2D eigenvalue weighted by Crippen LogP contribution is -2.47. The van der Waals surface area contributed by atoms with Gasteiger partial charge in [-0.15, -0.1) is 13.2 Å². The Kier molecular flexibility index (Phi) is 6.65. The van der Waals surface area contributed by atoms with Crippen LogP contribution in [0.4, 0.5) is 28.0 Å². The first-order valence-electron chi connectivity index (χ1n) is 9.48. The highest BCUT2D eigenvalue weighted by Gasteiger charge is 2.41. The van der Waals surface area contributed by atoms with Crippen LogP contribution in [0.5, 0.6) is 5.75 Å². The minimum atomic E-state index is -4.85. The molecule has 3 rings (SSSR count). The van der Waals surface area contributed by atoms with Gasteiger partial charge in [-0.05, 0) is 43.3 Å². The van der Waals surface area contributed by atoms with E-state index >= 15 is 0 Å². The maximum Gasteiger partial charge on any atom is 0.573 e. The quantitative estimate of drug-likeness (QED) is 0.638. The molecule has 7 nitrogen and oxygen atoms in total. The molecule has 32 heavy (non-hydrogen) atoms. The normalized spacial score (nSPS) is 16.9. The van der Waals surface area contributed by atoms with Crippen LogP contribution in [0.1, 0.15) is 18.4 Å². The molecule has 0 radical (unpaired) electrons. The molecular weight excluding hydrogens is 456 g/mol. The molecule has 0 bridgehead atoms. The minimum Gasteiger partial charge on any atom is -0.412 e. The standard InChI is InChI=1S/C20H20F4N2O5S/c1-14-2-8-17(9-3-14)32(28,29)26-12-10-19(21,11-13-26)31-18(27)25-15-4-6-16(7-5-15)30-20(22,23)24/h2-9H,10-13H2,1H3,(H,25,27). The van der Waals surface area contributed by atoms with Gasteiger partial charge in [-0.2, -0.15) is 8.70 Å². The van der Waals surface area contributed by atoms with E-state index in [0.717, 1.165) is 34.1 Å². The lowest BCUT2D eigenvalue weighted by atomic mass is 10.1.